The molecule has 0 saturated heterocycles. The molecule has 0 radical (unpaired) electrons. The second kappa shape index (κ2) is 4.21. The van der Waals surface area contributed by atoms with Gasteiger partial charge in [-0.05, 0) is 5.41 Å². The van der Waals surface area contributed by atoms with Crippen molar-refractivity contribution in [2.75, 3.05) is 0 Å². The lowest BCUT2D eigenvalue weighted by Crippen LogP contribution is -2.14. The quantitative estimate of drug-likeness (QED) is 0.759. The van der Waals surface area contributed by atoms with Crippen molar-refractivity contribution >= 4 is 5.78 Å². The molecular weight excluding hydrogens is 236 g/mol. The standard InChI is InChI=1S/C16H16N2O/c1-15(2,3)14-12(16(14,9-17)10-18)13(19)11-7-5-4-6-8-11/h4-8,12,14H,1-3H3/t12-,14+/m0/s1. The molecule has 1 aromatic carbocycles. The third-order valence-electron chi connectivity index (χ3n) is 3.85. The first-order valence-corrected chi connectivity index (χ1v) is 6.30. The van der Waals surface area contributed by atoms with Gasteiger partial charge in [-0.2, -0.15) is 10.5 Å². The Morgan fingerprint density at radius 1 is 1.16 bits per heavy atom. The van der Waals surface area contributed by atoms with E-state index in [0.29, 0.717) is 5.56 Å². The molecule has 2 rings (SSSR count). The lowest BCUT2D eigenvalue weighted by molar-refractivity contribution is 0.0945. The molecular formula is C16H16N2O. The summed E-state index contributed by atoms with van der Waals surface area (Å²) in [5, 5.41) is 18.7. The Morgan fingerprint density at radius 2 is 1.68 bits per heavy atom. The first kappa shape index (κ1) is 13.3. The summed E-state index contributed by atoms with van der Waals surface area (Å²) in [7, 11) is 0. The summed E-state index contributed by atoms with van der Waals surface area (Å²) in [5.41, 5.74) is -0.819. The Labute approximate surface area is 113 Å². The van der Waals surface area contributed by atoms with Crippen molar-refractivity contribution in [2.45, 2.75) is 20.8 Å². The molecule has 1 aliphatic carbocycles. The zero-order valence-corrected chi connectivity index (χ0v) is 11.3. The molecule has 0 N–H and O–H groups in total. The minimum atomic E-state index is -1.16. The maximum atomic E-state index is 12.5. The van der Waals surface area contributed by atoms with Crippen LogP contribution < -0.4 is 0 Å². The highest BCUT2D eigenvalue weighted by Gasteiger charge is 2.73. The van der Waals surface area contributed by atoms with Gasteiger partial charge >= 0.3 is 0 Å². The first-order chi connectivity index (χ1) is 8.88. The molecule has 1 fully saturated rings. The minimum absolute atomic E-state index is 0.0939. The third-order valence-corrected chi connectivity index (χ3v) is 3.85. The SMILES string of the molecule is CC(C)(C)[C@H]1[C@H](C(=O)c2ccccc2)C1(C#N)C#N. The number of carbonyl (C=O) groups excluding carboxylic acids is 1. The van der Waals surface area contributed by atoms with E-state index in [1.807, 2.05) is 26.8 Å². The highest BCUT2D eigenvalue weighted by atomic mass is 16.1. The van der Waals surface area contributed by atoms with Gasteiger partial charge in [0.1, 0.15) is 0 Å². The molecule has 0 aromatic heterocycles. The number of ketones is 1. The van der Waals surface area contributed by atoms with Crippen LogP contribution in [-0.4, -0.2) is 5.78 Å². The normalized spacial score (nSPS) is 24.1. The Hall–Kier alpha value is -2.13. The Morgan fingerprint density at radius 3 is 2.05 bits per heavy atom. The zero-order chi connectivity index (χ0) is 14.3. The van der Waals surface area contributed by atoms with Crippen molar-refractivity contribution in [1.29, 1.82) is 10.5 Å². The fourth-order valence-corrected chi connectivity index (χ4v) is 3.01. The van der Waals surface area contributed by atoms with E-state index >= 15 is 0 Å². The smallest absolute Gasteiger partial charge is 0.169 e. The van der Waals surface area contributed by atoms with Crippen LogP contribution in [0, 0.1) is 45.3 Å². The highest BCUT2D eigenvalue weighted by Crippen LogP contribution is 2.66. The summed E-state index contributed by atoms with van der Waals surface area (Å²) < 4.78 is 0. The molecule has 0 bridgehead atoms. The van der Waals surface area contributed by atoms with Crippen LogP contribution in [0.25, 0.3) is 0 Å². The predicted octanol–water partition coefficient (Wildman–Crippen LogP) is 3.19. The van der Waals surface area contributed by atoms with Crippen LogP contribution in [0.2, 0.25) is 0 Å². The summed E-state index contributed by atoms with van der Waals surface area (Å²) in [6, 6.07) is 13.1. The number of rotatable bonds is 2. The largest absolute Gasteiger partial charge is 0.294 e. The van der Waals surface area contributed by atoms with E-state index in [1.165, 1.54) is 0 Å². The van der Waals surface area contributed by atoms with Gasteiger partial charge in [0.15, 0.2) is 11.2 Å². The Balaban J connectivity index is 2.39. The van der Waals surface area contributed by atoms with E-state index < -0.39 is 11.3 Å². The van der Waals surface area contributed by atoms with Crippen LogP contribution in [-0.2, 0) is 0 Å². The molecule has 19 heavy (non-hydrogen) atoms. The molecule has 1 aliphatic rings. The average molecular weight is 252 g/mol. The van der Waals surface area contributed by atoms with Crippen LogP contribution in [0.5, 0.6) is 0 Å². The summed E-state index contributed by atoms with van der Waals surface area (Å²) in [6.07, 6.45) is 0. The predicted molar refractivity (Wildman–Crippen MR) is 70.9 cm³/mol. The molecule has 0 heterocycles. The number of benzene rings is 1. The van der Waals surface area contributed by atoms with Gasteiger partial charge in [0, 0.05) is 11.5 Å². The molecule has 0 unspecified atom stereocenters. The Bertz CT molecular complexity index is 570. The van der Waals surface area contributed by atoms with Gasteiger partial charge in [-0.3, -0.25) is 4.79 Å². The summed E-state index contributed by atoms with van der Waals surface area (Å²) in [4.78, 5) is 12.5. The highest BCUT2D eigenvalue weighted by molar-refractivity contribution is 6.01. The summed E-state index contributed by atoms with van der Waals surface area (Å²) in [5.74, 6) is -0.809. The molecule has 3 heteroatoms. The molecule has 0 aliphatic heterocycles. The monoisotopic (exact) mass is 252 g/mol. The van der Waals surface area contributed by atoms with Crippen LogP contribution >= 0.6 is 0 Å². The molecule has 96 valence electrons. The van der Waals surface area contributed by atoms with Crippen LogP contribution in [0.4, 0.5) is 0 Å². The summed E-state index contributed by atoms with van der Waals surface area (Å²) in [6.45, 7) is 5.91. The van der Waals surface area contributed by atoms with Gasteiger partial charge in [0.05, 0.1) is 18.1 Å². The fourth-order valence-electron chi connectivity index (χ4n) is 3.01. The lowest BCUT2D eigenvalue weighted by atomic mass is 9.85. The van der Waals surface area contributed by atoms with Crippen molar-refractivity contribution in [2.24, 2.45) is 22.7 Å². The number of hydrogen-bond acceptors (Lipinski definition) is 3. The number of carbonyl (C=O) groups is 1. The molecule has 1 saturated carbocycles. The number of nitriles is 2. The number of hydrogen-bond donors (Lipinski definition) is 0. The summed E-state index contributed by atoms with van der Waals surface area (Å²) >= 11 is 0. The van der Waals surface area contributed by atoms with Crippen molar-refractivity contribution in [3.63, 3.8) is 0 Å². The van der Waals surface area contributed by atoms with Crippen LogP contribution in [0.15, 0.2) is 30.3 Å². The van der Waals surface area contributed by atoms with E-state index in [0.717, 1.165) is 0 Å². The van der Waals surface area contributed by atoms with Gasteiger partial charge in [-0.15, -0.1) is 0 Å². The van der Waals surface area contributed by atoms with Gasteiger partial charge in [-0.1, -0.05) is 51.1 Å². The number of Topliss-reactive ketones (excluding diaryl/α,β-unsaturated/α-hetero) is 1. The Kier molecular flexibility index (Phi) is 2.95. The molecule has 0 spiro atoms. The second-order valence-electron chi connectivity index (χ2n) is 6.14. The van der Waals surface area contributed by atoms with E-state index in [2.05, 4.69) is 12.1 Å². The van der Waals surface area contributed by atoms with Crippen LogP contribution in [0.3, 0.4) is 0 Å². The van der Waals surface area contributed by atoms with E-state index in [9.17, 15) is 15.3 Å². The van der Waals surface area contributed by atoms with E-state index in [1.54, 1.807) is 24.3 Å². The van der Waals surface area contributed by atoms with Crippen molar-refractivity contribution < 1.29 is 4.79 Å². The van der Waals surface area contributed by atoms with Gasteiger partial charge in [0.2, 0.25) is 0 Å². The molecule has 1 aromatic rings. The first-order valence-electron chi connectivity index (χ1n) is 6.30. The zero-order valence-electron chi connectivity index (χ0n) is 11.3. The lowest BCUT2D eigenvalue weighted by Gasteiger charge is -2.18. The van der Waals surface area contributed by atoms with Crippen molar-refractivity contribution in [3.05, 3.63) is 35.9 Å². The van der Waals surface area contributed by atoms with E-state index in [4.69, 9.17) is 0 Å². The van der Waals surface area contributed by atoms with Crippen molar-refractivity contribution in [3.8, 4) is 12.1 Å². The van der Waals surface area contributed by atoms with E-state index in [-0.39, 0.29) is 17.1 Å². The minimum Gasteiger partial charge on any atom is -0.294 e. The third kappa shape index (κ3) is 1.92. The average Bonchev–Trinajstić information content (AvgIpc) is 3.09. The topological polar surface area (TPSA) is 64.7 Å². The fraction of sp³-hybridized carbons (Fsp3) is 0.438. The molecule has 3 nitrogen and oxygen atoms in total. The number of nitrogens with zero attached hydrogens (tertiary/aromatic N) is 2. The molecule has 0 amide bonds. The van der Waals surface area contributed by atoms with Gasteiger partial charge < -0.3 is 0 Å². The van der Waals surface area contributed by atoms with Crippen molar-refractivity contribution in [1.82, 2.24) is 0 Å². The molecule has 2 atom stereocenters. The second-order valence-corrected chi connectivity index (χ2v) is 6.14. The van der Waals surface area contributed by atoms with Gasteiger partial charge in [0.25, 0.3) is 0 Å². The van der Waals surface area contributed by atoms with Gasteiger partial charge in [-0.25, -0.2) is 0 Å². The maximum absolute atomic E-state index is 12.5. The van der Waals surface area contributed by atoms with Crippen LogP contribution in [0.1, 0.15) is 31.1 Å². The maximum Gasteiger partial charge on any atom is 0.169 e.